The number of hydrogen-bond donors (Lipinski definition) is 2. The van der Waals surface area contributed by atoms with Gasteiger partial charge in [-0.15, -0.1) is 11.3 Å². The minimum atomic E-state index is -0.453. The molecule has 0 aromatic carbocycles. The van der Waals surface area contributed by atoms with Crippen molar-refractivity contribution in [2.45, 2.75) is 20.8 Å². The minimum Gasteiger partial charge on any atom is -0.462 e. The highest BCUT2D eigenvalue weighted by Crippen LogP contribution is 2.33. The highest BCUT2D eigenvalue weighted by molar-refractivity contribution is 7.16. The number of aryl methyl sites for hydroxylation is 1. The van der Waals surface area contributed by atoms with Crippen LogP contribution in [-0.2, 0) is 4.74 Å². The number of thiophene rings is 1. The zero-order valence-corrected chi connectivity index (χ0v) is 13.4. The van der Waals surface area contributed by atoms with Crippen LogP contribution in [0, 0.1) is 13.8 Å². The molecule has 2 amide bonds. The highest BCUT2D eigenvalue weighted by Gasteiger charge is 2.22. The molecule has 2 aromatic heterocycles. The Hall–Kier alpha value is -2.41. The number of rotatable bonds is 4. The number of nitrogens with one attached hydrogen (secondary N) is 2. The quantitative estimate of drug-likeness (QED) is 0.844. The molecule has 0 unspecified atom stereocenters. The predicted molar refractivity (Wildman–Crippen MR) is 86.6 cm³/mol. The fourth-order valence-corrected chi connectivity index (χ4v) is 2.90. The standard InChI is InChI=1S/C15H17N3O3S/c1-4-21-14(19)12-9(2)10(3)22-13(12)18-15(20)17-11-7-5-6-8-16-11/h5-8H,4H2,1-3H3,(H2,16,17,18,20). The first kappa shape index (κ1) is 16.0. The van der Waals surface area contributed by atoms with Gasteiger partial charge in [0, 0.05) is 11.1 Å². The first-order valence-electron chi connectivity index (χ1n) is 6.79. The molecule has 0 bridgehead atoms. The van der Waals surface area contributed by atoms with Gasteiger partial charge in [-0.1, -0.05) is 6.07 Å². The van der Waals surface area contributed by atoms with Gasteiger partial charge in [0.05, 0.1) is 12.2 Å². The largest absolute Gasteiger partial charge is 0.462 e. The topological polar surface area (TPSA) is 80.3 Å². The van der Waals surface area contributed by atoms with Crippen molar-refractivity contribution in [1.29, 1.82) is 0 Å². The van der Waals surface area contributed by atoms with Crippen LogP contribution in [0.15, 0.2) is 24.4 Å². The van der Waals surface area contributed by atoms with Crippen molar-refractivity contribution in [1.82, 2.24) is 4.98 Å². The Balaban J connectivity index is 2.17. The lowest BCUT2D eigenvalue weighted by molar-refractivity contribution is 0.0527. The maximum Gasteiger partial charge on any atom is 0.341 e. The summed E-state index contributed by atoms with van der Waals surface area (Å²) < 4.78 is 5.05. The summed E-state index contributed by atoms with van der Waals surface area (Å²) >= 11 is 1.34. The molecule has 0 saturated heterocycles. The molecule has 2 aromatic rings. The minimum absolute atomic E-state index is 0.284. The van der Waals surface area contributed by atoms with Crippen molar-refractivity contribution < 1.29 is 14.3 Å². The average Bonchev–Trinajstić information content (AvgIpc) is 2.74. The summed E-state index contributed by atoms with van der Waals surface area (Å²) in [7, 11) is 0. The van der Waals surface area contributed by atoms with Crippen LogP contribution in [0.2, 0.25) is 0 Å². The third kappa shape index (κ3) is 3.62. The Bertz CT molecular complexity index is 683. The summed E-state index contributed by atoms with van der Waals surface area (Å²) in [5.74, 6) is 0.000158. The lowest BCUT2D eigenvalue weighted by Gasteiger charge is -2.08. The predicted octanol–water partition coefficient (Wildman–Crippen LogP) is 3.58. The molecule has 2 N–H and O–H groups in total. The SMILES string of the molecule is CCOC(=O)c1c(NC(=O)Nc2ccccn2)sc(C)c1C. The van der Waals surface area contributed by atoms with E-state index in [1.165, 1.54) is 11.3 Å². The van der Waals surface area contributed by atoms with Crippen LogP contribution < -0.4 is 10.6 Å². The molecular formula is C15H17N3O3S. The van der Waals surface area contributed by atoms with Gasteiger partial charge in [-0.25, -0.2) is 14.6 Å². The van der Waals surface area contributed by atoms with Crippen LogP contribution in [0.4, 0.5) is 15.6 Å². The Morgan fingerprint density at radius 1 is 1.27 bits per heavy atom. The Morgan fingerprint density at radius 3 is 2.68 bits per heavy atom. The molecule has 22 heavy (non-hydrogen) atoms. The molecule has 116 valence electrons. The van der Waals surface area contributed by atoms with Gasteiger partial charge in [0.1, 0.15) is 10.8 Å². The molecular weight excluding hydrogens is 302 g/mol. The monoisotopic (exact) mass is 319 g/mol. The average molecular weight is 319 g/mol. The van der Waals surface area contributed by atoms with Gasteiger partial charge in [0.2, 0.25) is 0 Å². The number of aromatic nitrogens is 1. The number of anilines is 2. The summed E-state index contributed by atoms with van der Waals surface area (Å²) in [4.78, 5) is 29.0. The Kier molecular flexibility index (Phi) is 5.11. The molecule has 0 spiro atoms. The van der Waals surface area contributed by atoms with Crippen LogP contribution in [0.3, 0.4) is 0 Å². The number of carbonyl (C=O) groups is 2. The van der Waals surface area contributed by atoms with Gasteiger partial charge in [-0.05, 0) is 38.5 Å². The van der Waals surface area contributed by atoms with Crippen molar-refractivity contribution in [3.05, 3.63) is 40.4 Å². The van der Waals surface area contributed by atoms with Crippen LogP contribution >= 0.6 is 11.3 Å². The van der Waals surface area contributed by atoms with Gasteiger partial charge < -0.3 is 4.74 Å². The van der Waals surface area contributed by atoms with E-state index < -0.39 is 12.0 Å². The molecule has 0 aliphatic heterocycles. The molecule has 0 saturated carbocycles. The second kappa shape index (κ2) is 7.04. The van der Waals surface area contributed by atoms with E-state index in [9.17, 15) is 9.59 Å². The van der Waals surface area contributed by atoms with E-state index in [1.54, 1.807) is 31.3 Å². The van der Waals surface area contributed by atoms with Crippen molar-refractivity contribution in [2.75, 3.05) is 17.2 Å². The molecule has 7 heteroatoms. The van der Waals surface area contributed by atoms with Gasteiger partial charge in [0.25, 0.3) is 0 Å². The van der Waals surface area contributed by atoms with Crippen LogP contribution in [-0.4, -0.2) is 23.6 Å². The summed E-state index contributed by atoms with van der Waals surface area (Å²) in [5.41, 5.74) is 1.22. The fourth-order valence-electron chi connectivity index (χ4n) is 1.85. The maximum atomic E-state index is 12.0. The summed E-state index contributed by atoms with van der Waals surface area (Å²) in [6.45, 7) is 5.75. The first-order chi connectivity index (χ1) is 10.5. The van der Waals surface area contributed by atoms with Gasteiger partial charge in [-0.3, -0.25) is 10.6 Å². The number of carbonyl (C=O) groups excluding carboxylic acids is 2. The summed E-state index contributed by atoms with van der Waals surface area (Å²) in [6, 6.07) is 4.75. The zero-order chi connectivity index (χ0) is 16.1. The van der Waals surface area contributed by atoms with Crippen molar-refractivity contribution in [3.63, 3.8) is 0 Å². The molecule has 2 heterocycles. The van der Waals surface area contributed by atoms with E-state index in [2.05, 4.69) is 15.6 Å². The number of ether oxygens (including phenoxy) is 1. The van der Waals surface area contributed by atoms with E-state index in [-0.39, 0.29) is 6.61 Å². The molecule has 2 rings (SSSR count). The van der Waals surface area contributed by atoms with Crippen molar-refractivity contribution in [3.8, 4) is 0 Å². The zero-order valence-electron chi connectivity index (χ0n) is 12.6. The fraction of sp³-hybridized carbons (Fsp3) is 0.267. The number of esters is 1. The van der Waals surface area contributed by atoms with Crippen molar-refractivity contribution >= 4 is 34.2 Å². The molecule has 0 aliphatic rings. The third-order valence-corrected chi connectivity index (χ3v) is 4.12. The second-order valence-corrected chi connectivity index (χ2v) is 5.73. The highest BCUT2D eigenvalue weighted by atomic mass is 32.1. The van der Waals surface area contributed by atoms with Gasteiger partial charge in [0.15, 0.2) is 0 Å². The van der Waals surface area contributed by atoms with Crippen LogP contribution in [0.25, 0.3) is 0 Å². The van der Waals surface area contributed by atoms with E-state index in [0.29, 0.717) is 16.4 Å². The first-order valence-corrected chi connectivity index (χ1v) is 7.60. The van der Waals surface area contributed by atoms with Gasteiger partial charge >= 0.3 is 12.0 Å². The van der Waals surface area contributed by atoms with E-state index in [4.69, 9.17) is 4.74 Å². The molecule has 0 aliphatic carbocycles. The molecule has 6 nitrogen and oxygen atoms in total. The normalized spacial score (nSPS) is 10.1. The molecule has 0 radical (unpaired) electrons. The Labute approximate surface area is 132 Å². The maximum absolute atomic E-state index is 12.0. The van der Waals surface area contributed by atoms with Crippen molar-refractivity contribution in [2.24, 2.45) is 0 Å². The van der Waals surface area contributed by atoms with E-state index in [1.807, 2.05) is 13.8 Å². The lowest BCUT2D eigenvalue weighted by Crippen LogP contribution is -2.21. The van der Waals surface area contributed by atoms with Gasteiger partial charge in [-0.2, -0.15) is 0 Å². The number of urea groups is 1. The number of hydrogen-bond acceptors (Lipinski definition) is 5. The molecule has 0 fully saturated rings. The third-order valence-electron chi connectivity index (χ3n) is 3.00. The smallest absolute Gasteiger partial charge is 0.341 e. The number of pyridine rings is 1. The van der Waals surface area contributed by atoms with E-state index >= 15 is 0 Å². The number of nitrogens with zero attached hydrogens (tertiary/aromatic N) is 1. The Morgan fingerprint density at radius 2 is 2.05 bits per heavy atom. The van der Waals surface area contributed by atoms with E-state index in [0.717, 1.165) is 10.4 Å². The number of amides is 2. The summed E-state index contributed by atoms with van der Waals surface area (Å²) in [6.07, 6.45) is 1.58. The summed E-state index contributed by atoms with van der Waals surface area (Å²) in [5, 5.41) is 5.77. The van der Waals surface area contributed by atoms with Crippen LogP contribution in [0.1, 0.15) is 27.7 Å². The van der Waals surface area contributed by atoms with Crippen LogP contribution in [0.5, 0.6) is 0 Å². The lowest BCUT2D eigenvalue weighted by atomic mass is 10.1. The second-order valence-electron chi connectivity index (χ2n) is 4.50. The molecule has 0 atom stereocenters.